The Labute approximate surface area is 139 Å². The first-order chi connectivity index (χ1) is 11.8. The molecule has 3 aromatic rings. The summed E-state index contributed by atoms with van der Waals surface area (Å²) in [4.78, 5) is 2.25. The Balaban J connectivity index is 1.38. The molecule has 0 spiro atoms. The summed E-state index contributed by atoms with van der Waals surface area (Å²) >= 11 is 0. The minimum Gasteiger partial charge on any atom is -0.459 e. The van der Waals surface area contributed by atoms with Gasteiger partial charge in [0.15, 0.2) is 5.76 Å². The predicted octanol–water partition coefficient (Wildman–Crippen LogP) is 1.74. The second kappa shape index (κ2) is 6.58. The highest BCUT2D eigenvalue weighted by Crippen LogP contribution is 2.23. The second-order valence-corrected chi connectivity index (χ2v) is 5.89. The predicted molar refractivity (Wildman–Crippen MR) is 84.0 cm³/mol. The zero-order chi connectivity index (χ0) is 16.4. The van der Waals surface area contributed by atoms with Gasteiger partial charge in [0.1, 0.15) is 0 Å². The largest absolute Gasteiger partial charge is 0.459 e. The van der Waals surface area contributed by atoms with Gasteiger partial charge in [-0.1, -0.05) is 0 Å². The summed E-state index contributed by atoms with van der Waals surface area (Å²) in [5.74, 6) is 1.64. The van der Waals surface area contributed by atoms with Crippen LogP contribution in [0.15, 0.2) is 39.6 Å². The van der Waals surface area contributed by atoms with E-state index < -0.39 is 0 Å². The summed E-state index contributed by atoms with van der Waals surface area (Å²) in [6.07, 6.45) is 5.44. The molecule has 0 aromatic carbocycles. The molecule has 1 aliphatic rings. The number of rotatable bonds is 5. The van der Waals surface area contributed by atoms with Gasteiger partial charge in [-0.3, -0.25) is 9.58 Å². The van der Waals surface area contributed by atoms with E-state index in [4.69, 9.17) is 13.6 Å². The first-order valence-electron chi connectivity index (χ1n) is 7.96. The van der Waals surface area contributed by atoms with Crippen molar-refractivity contribution >= 4 is 0 Å². The number of nitrogens with zero attached hydrogens (tertiary/aromatic N) is 5. The molecule has 0 saturated carbocycles. The van der Waals surface area contributed by atoms with Crippen LogP contribution in [0.1, 0.15) is 11.5 Å². The van der Waals surface area contributed by atoms with Gasteiger partial charge in [0.05, 0.1) is 32.1 Å². The maximum Gasteiger partial charge on any atom is 0.283 e. The fraction of sp³-hybridized carbons (Fsp3) is 0.438. The van der Waals surface area contributed by atoms with Crippen molar-refractivity contribution in [2.24, 2.45) is 0 Å². The number of aromatic nitrogens is 4. The van der Waals surface area contributed by atoms with Crippen molar-refractivity contribution in [3.8, 4) is 11.7 Å². The number of furan rings is 1. The monoisotopic (exact) mass is 329 g/mol. The molecule has 8 heteroatoms. The average Bonchev–Trinajstić information content (AvgIpc) is 3.30. The third-order valence-corrected chi connectivity index (χ3v) is 4.05. The standard InChI is InChI=1S/C16H19N5O3/c1-12-3-7-23-15(12)16-19-18-14(24-16)11-20-6-8-22-13(9-20)10-21-5-2-4-17-21/h2-5,7,13H,6,8-11H2,1H3/t13-/m1/s1. The second-order valence-electron chi connectivity index (χ2n) is 5.89. The molecule has 24 heavy (non-hydrogen) atoms. The quantitative estimate of drug-likeness (QED) is 0.705. The van der Waals surface area contributed by atoms with Crippen LogP contribution in [0.3, 0.4) is 0 Å². The molecule has 1 aliphatic heterocycles. The number of aryl methyl sites for hydroxylation is 1. The zero-order valence-electron chi connectivity index (χ0n) is 13.5. The van der Waals surface area contributed by atoms with Crippen LogP contribution < -0.4 is 0 Å². The van der Waals surface area contributed by atoms with E-state index in [9.17, 15) is 0 Å². The Kier molecular flexibility index (Phi) is 4.14. The summed E-state index contributed by atoms with van der Waals surface area (Å²) in [6, 6.07) is 3.79. The lowest BCUT2D eigenvalue weighted by Gasteiger charge is -2.31. The highest BCUT2D eigenvalue weighted by atomic mass is 16.5. The van der Waals surface area contributed by atoms with E-state index in [0.29, 0.717) is 30.7 Å². The number of ether oxygens (including phenoxy) is 1. The first kappa shape index (κ1) is 15.1. The van der Waals surface area contributed by atoms with Crippen molar-refractivity contribution in [1.82, 2.24) is 24.9 Å². The molecule has 1 saturated heterocycles. The van der Waals surface area contributed by atoms with E-state index >= 15 is 0 Å². The van der Waals surface area contributed by atoms with E-state index in [-0.39, 0.29) is 6.10 Å². The lowest BCUT2D eigenvalue weighted by atomic mass is 10.2. The van der Waals surface area contributed by atoms with Crippen LogP contribution in [-0.2, 0) is 17.8 Å². The maximum absolute atomic E-state index is 5.81. The van der Waals surface area contributed by atoms with E-state index in [2.05, 4.69) is 20.2 Å². The van der Waals surface area contributed by atoms with Crippen LogP contribution in [0.4, 0.5) is 0 Å². The first-order valence-corrected chi connectivity index (χ1v) is 7.96. The topological polar surface area (TPSA) is 82.4 Å². The van der Waals surface area contributed by atoms with Crippen molar-refractivity contribution in [3.05, 3.63) is 42.2 Å². The van der Waals surface area contributed by atoms with Gasteiger partial charge in [-0.15, -0.1) is 10.2 Å². The van der Waals surface area contributed by atoms with Gasteiger partial charge >= 0.3 is 0 Å². The molecule has 0 bridgehead atoms. The van der Waals surface area contributed by atoms with Gasteiger partial charge in [-0.2, -0.15) is 5.10 Å². The Hall–Kier alpha value is -2.45. The highest BCUT2D eigenvalue weighted by Gasteiger charge is 2.23. The molecule has 8 nitrogen and oxygen atoms in total. The molecule has 1 atom stereocenters. The number of morpholine rings is 1. The SMILES string of the molecule is Cc1ccoc1-c1nnc(CN2CCO[C@@H](Cn3cccn3)C2)o1. The van der Waals surface area contributed by atoms with Crippen molar-refractivity contribution < 1.29 is 13.6 Å². The molecule has 0 unspecified atom stereocenters. The van der Waals surface area contributed by atoms with Gasteiger partial charge in [-0.05, 0) is 19.1 Å². The molecule has 0 amide bonds. The minimum atomic E-state index is 0.105. The summed E-state index contributed by atoms with van der Waals surface area (Å²) in [5, 5.41) is 12.4. The van der Waals surface area contributed by atoms with Crippen LogP contribution in [0.5, 0.6) is 0 Å². The third-order valence-electron chi connectivity index (χ3n) is 4.05. The summed E-state index contributed by atoms with van der Waals surface area (Å²) < 4.78 is 18.8. The Morgan fingerprint density at radius 3 is 3.08 bits per heavy atom. The Morgan fingerprint density at radius 2 is 2.29 bits per heavy atom. The van der Waals surface area contributed by atoms with Crippen molar-refractivity contribution in [2.45, 2.75) is 26.1 Å². The highest BCUT2D eigenvalue weighted by molar-refractivity contribution is 5.49. The molecule has 4 heterocycles. The van der Waals surface area contributed by atoms with Crippen LogP contribution in [0.25, 0.3) is 11.7 Å². The zero-order valence-corrected chi connectivity index (χ0v) is 13.5. The minimum absolute atomic E-state index is 0.105. The normalized spacial score (nSPS) is 19.0. The van der Waals surface area contributed by atoms with E-state index in [0.717, 1.165) is 25.2 Å². The molecule has 0 radical (unpaired) electrons. The molecule has 4 rings (SSSR count). The van der Waals surface area contributed by atoms with Crippen molar-refractivity contribution in [2.75, 3.05) is 19.7 Å². The fourth-order valence-corrected chi connectivity index (χ4v) is 2.84. The van der Waals surface area contributed by atoms with Crippen LogP contribution in [0, 0.1) is 6.92 Å². The molecule has 126 valence electrons. The lowest BCUT2D eigenvalue weighted by Crippen LogP contribution is -2.43. The number of hydrogen-bond acceptors (Lipinski definition) is 7. The molecule has 3 aromatic heterocycles. The van der Waals surface area contributed by atoms with E-state index in [1.165, 1.54) is 0 Å². The van der Waals surface area contributed by atoms with E-state index in [1.54, 1.807) is 12.5 Å². The fourth-order valence-electron chi connectivity index (χ4n) is 2.84. The van der Waals surface area contributed by atoms with E-state index in [1.807, 2.05) is 29.9 Å². The molecule has 0 aliphatic carbocycles. The van der Waals surface area contributed by atoms with Crippen LogP contribution in [0.2, 0.25) is 0 Å². The maximum atomic E-state index is 5.81. The van der Waals surface area contributed by atoms with Crippen LogP contribution >= 0.6 is 0 Å². The summed E-state index contributed by atoms with van der Waals surface area (Å²) in [6.45, 7) is 5.62. The molecule has 1 fully saturated rings. The third kappa shape index (κ3) is 3.24. The van der Waals surface area contributed by atoms with Gasteiger partial charge in [0.2, 0.25) is 5.89 Å². The molecular formula is C16H19N5O3. The van der Waals surface area contributed by atoms with Crippen molar-refractivity contribution in [1.29, 1.82) is 0 Å². The van der Waals surface area contributed by atoms with Gasteiger partial charge in [-0.25, -0.2) is 0 Å². The van der Waals surface area contributed by atoms with Crippen LogP contribution in [-0.4, -0.2) is 50.7 Å². The molecular weight excluding hydrogens is 310 g/mol. The average molecular weight is 329 g/mol. The Morgan fingerprint density at radius 1 is 1.33 bits per heavy atom. The smallest absolute Gasteiger partial charge is 0.283 e. The number of hydrogen-bond donors (Lipinski definition) is 0. The Bertz CT molecular complexity index is 779. The summed E-state index contributed by atoms with van der Waals surface area (Å²) in [7, 11) is 0. The van der Waals surface area contributed by atoms with Gasteiger partial charge in [0, 0.05) is 31.0 Å². The summed E-state index contributed by atoms with van der Waals surface area (Å²) in [5.41, 5.74) is 0.982. The van der Waals surface area contributed by atoms with Gasteiger partial charge in [0.25, 0.3) is 5.89 Å². The molecule has 0 N–H and O–H groups in total. The van der Waals surface area contributed by atoms with Gasteiger partial charge < -0.3 is 13.6 Å². The van der Waals surface area contributed by atoms with Crippen molar-refractivity contribution in [3.63, 3.8) is 0 Å². The lowest BCUT2D eigenvalue weighted by molar-refractivity contribution is -0.0422.